The van der Waals surface area contributed by atoms with Crippen LogP contribution in [0.15, 0.2) is 0 Å². The topological polar surface area (TPSA) is 9.23 Å². The van der Waals surface area contributed by atoms with Gasteiger partial charge in [-0.2, -0.15) is 48.3 Å². The van der Waals surface area contributed by atoms with Gasteiger partial charge in [0, 0.05) is 7.11 Å². The van der Waals surface area contributed by atoms with E-state index >= 15 is 0 Å². The smallest absolute Gasteiger partial charge is 0.357 e. The summed E-state index contributed by atoms with van der Waals surface area (Å²) in [5, 5.41) is 0. The lowest BCUT2D eigenvalue weighted by Crippen LogP contribution is -2.72. The van der Waals surface area contributed by atoms with Crippen LogP contribution in [0.1, 0.15) is 0 Å². The second-order valence-electron chi connectivity index (χ2n) is 2.95. The SMILES string of the molecule is COC(C(F)(F)F)(C(F)(F)F)C(F)(F)C(F)(F)F. The molecule has 0 aliphatic rings. The normalized spacial score (nSPS) is 16.0. The van der Waals surface area contributed by atoms with E-state index in [-0.39, 0.29) is 0 Å². The summed E-state index contributed by atoms with van der Waals surface area (Å²) in [6, 6.07) is 0. The second-order valence-corrected chi connectivity index (χ2v) is 2.95. The Morgan fingerprint density at radius 2 is 0.833 bits per heavy atom. The number of alkyl halides is 11. The molecule has 110 valence electrons. The van der Waals surface area contributed by atoms with Crippen molar-refractivity contribution in [2.24, 2.45) is 0 Å². The van der Waals surface area contributed by atoms with Crippen LogP contribution in [0.2, 0.25) is 0 Å². The van der Waals surface area contributed by atoms with Gasteiger partial charge in [-0.3, -0.25) is 0 Å². The molecule has 0 saturated heterocycles. The lowest BCUT2D eigenvalue weighted by Gasteiger charge is -2.41. The van der Waals surface area contributed by atoms with Gasteiger partial charge in [-0.15, -0.1) is 0 Å². The van der Waals surface area contributed by atoms with Gasteiger partial charge in [0.2, 0.25) is 0 Å². The Kier molecular flexibility index (Phi) is 3.91. The van der Waals surface area contributed by atoms with E-state index in [4.69, 9.17) is 0 Å². The zero-order valence-electron chi connectivity index (χ0n) is 8.07. The molecule has 0 aliphatic heterocycles. The Morgan fingerprint density at radius 3 is 0.889 bits per heavy atom. The molecule has 0 aromatic rings. The number of hydrogen-bond donors (Lipinski definition) is 0. The zero-order chi connectivity index (χ0) is 15.2. The standard InChI is InChI=1S/C6H3F11O/c1-18-2(4(9,10)11,5(12,13)14)3(7,8)6(15,16)17/h1H3. The average molecular weight is 300 g/mol. The second kappa shape index (κ2) is 4.10. The third-order valence-electron chi connectivity index (χ3n) is 1.90. The maximum atomic E-state index is 12.6. The van der Waals surface area contributed by atoms with Gasteiger partial charge in [-0.1, -0.05) is 0 Å². The fourth-order valence-electron chi connectivity index (χ4n) is 1.08. The van der Waals surface area contributed by atoms with Crippen LogP contribution < -0.4 is 0 Å². The summed E-state index contributed by atoms with van der Waals surface area (Å²) in [5.74, 6) is -7.20. The highest BCUT2D eigenvalue weighted by Gasteiger charge is 2.90. The molecule has 0 fully saturated rings. The van der Waals surface area contributed by atoms with Gasteiger partial charge in [-0.05, 0) is 0 Å². The first-order valence-corrected chi connectivity index (χ1v) is 3.69. The molecule has 0 bridgehead atoms. The van der Waals surface area contributed by atoms with Gasteiger partial charge in [-0.25, -0.2) is 0 Å². The van der Waals surface area contributed by atoms with Crippen molar-refractivity contribution in [3.63, 3.8) is 0 Å². The minimum atomic E-state index is -7.20. The van der Waals surface area contributed by atoms with E-state index in [1.54, 1.807) is 0 Å². The monoisotopic (exact) mass is 300 g/mol. The Labute approximate surface area is 91.5 Å². The molecule has 0 amide bonds. The molecule has 0 heterocycles. The van der Waals surface area contributed by atoms with Crippen LogP contribution in [0.25, 0.3) is 0 Å². The van der Waals surface area contributed by atoms with Crippen molar-refractivity contribution in [2.45, 2.75) is 30.1 Å². The molecule has 12 heteroatoms. The zero-order valence-corrected chi connectivity index (χ0v) is 8.07. The predicted molar refractivity (Wildman–Crippen MR) is 32.9 cm³/mol. The van der Waals surface area contributed by atoms with Gasteiger partial charge < -0.3 is 4.74 Å². The van der Waals surface area contributed by atoms with Crippen LogP contribution in [-0.2, 0) is 4.74 Å². The van der Waals surface area contributed by atoms with Crippen molar-refractivity contribution in [1.82, 2.24) is 0 Å². The van der Waals surface area contributed by atoms with Crippen LogP contribution >= 0.6 is 0 Å². The first kappa shape index (κ1) is 17.2. The minimum Gasteiger partial charge on any atom is -0.357 e. The molecule has 0 spiro atoms. The number of methoxy groups -OCH3 is 1. The highest BCUT2D eigenvalue weighted by molar-refractivity contribution is 5.09. The summed E-state index contributed by atoms with van der Waals surface area (Å²) in [6.45, 7) is 0. The summed E-state index contributed by atoms with van der Waals surface area (Å²) in [7, 11) is -0.541. The summed E-state index contributed by atoms with van der Waals surface area (Å²) in [4.78, 5) is 0. The molecule has 0 unspecified atom stereocenters. The highest BCUT2D eigenvalue weighted by Crippen LogP contribution is 2.58. The summed E-state index contributed by atoms with van der Waals surface area (Å²) in [5.41, 5.74) is -6.66. The predicted octanol–water partition coefficient (Wildman–Crippen LogP) is 3.69. The highest BCUT2D eigenvalue weighted by atomic mass is 19.4. The van der Waals surface area contributed by atoms with Crippen LogP contribution in [0.4, 0.5) is 48.3 Å². The van der Waals surface area contributed by atoms with Crippen molar-refractivity contribution >= 4 is 0 Å². The molecular weight excluding hydrogens is 297 g/mol. The summed E-state index contributed by atoms with van der Waals surface area (Å²) >= 11 is 0. The number of rotatable bonds is 2. The summed E-state index contributed by atoms with van der Waals surface area (Å²) < 4.78 is 135. The van der Waals surface area contributed by atoms with Gasteiger partial charge in [0.05, 0.1) is 0 Å². The third-order valence-corrected chi connectivity index (χ3v) is 1.90. The Morgan fingerprint density at radius 1 is 0.556 bits per heavy atom. The molecule has 0 N–H and O–H groups in total. The Balaban J connectivity index is 6.27. The number of hydrogen-bond acceptors (Lipinski definition) is 1. The maximum absolute atomic E-state index is 12.6. The molecule has 0 atom stereocenters. The first-order chi connectivity index (χ1) is 7.56. The van der Waals surface area contributed by atoms with Crippen molar-refractivity contribution < 1.29 is 53.0 Å². The lowest BCUT2D eigenvalue weighted by molar-refractivity contribution is -0.468. The third kappa shape index (κ3) is 2.10. The minimum absolute atomic E-state index is 0.541. The molecule has 0 aromatic carbocycles. The average Bonchev–Trinajstić information content (AvgIpc) is 1.96. The molecule has 0 rings (SSSR count). The fraction of sp³-hybridized carbons (Fsp3) is 1.00. The van der Waals surface area contributed by atoms with Crippen LogP contribution in [0.5, 0.6) is 0 Å². The fourth-order valence-corrected chi connectivity index (χ4v) is 1.08. The van der Waals surface area contributed by atoms with Gasteiger partial charge in [0.25, 0.3) is 0 Å². The van der Waals surface area contributed by atoms with E-state index in [0.29, 0.717) is 0 Å². The first-order valence-electron chi connectivity index (χ1n) is 3.69. The molecule has 1 nitrogen and oxygen atoms in total. The number of halogens is 11. The molecule has 0 radical (unpaired) electrons. The van der Waals surface area contributed by atoms with Crippen LogP contribution in [0, 0.1) is 0 Å². The Bertz CT molecular complexity index is 280. The van der Waals surface area contributed by atoms with E-state index in [1.165, 1.54) is 0 Å². The molecule has 0 saturated carbocycles. The van der Waals surface area contributed by atoms with Gasteiger partial charge in [0.15, 0.2) is 0 Å². The van der Waals surface area contributed by atoms with Crippen molar-refractivity contribution in [3.05, 3.63) is 0 Å². The molecule has 0 aromatic heterocycles. The Hall–Kier alpha value is -0.810. The van der Waals surface area contributed by atoms with E-state index < -0.39 is 37.2 Å². The van der Waals surface area contributed by atoms with Crippen LogP contribution in [0.3, 0.4) is 0 Å². The van der Waals surface area contributed by atoms with Crippen molar-refractivity contribution in [3.8, 4) is 0 Å². The lowest BCUT2D eigenvalue weighted by atomic mass is 9.92. The molecule has 18 heavy (non-hydrogen) atoms. The summed E-state index contributed by atoms with van der Waals surface area (Å²) in [6.07, 6.45) is -21.2. The van der Waals surface area contributed by atoms with E-state index in [2.05, 4.69) is 4.74 Å². The van der Waals surface area contributed by atoms with E-state index in [0.717, 1.165) is 0 Å². The van der Waals surface area contributed by atoms with Gasteiger partial charge >= 0.3 is 30.1 Å². The maximum Gasteiger partial charge on any atom is 0.457 e. The molecule has 0 aliphatic carbocycles. The number of ether oxygens (including phenoxy) is 1. The largest absolute Gasteiger partial charge is 0.457 e. The van der Waals surface area contributed by atoms with Crippen molar-refractivity contribution in [2.75, 3.05) is 7.11 Å². The van der Waals surface area contributed by atoms with Crippen molar-refractivity contribution in [1.29, 1.82) is 0 Å². The van der Waals surface area contributed by atoms with Gasteiger partial charge in [0.1, 0.15) is 0 Å². The van der Waals surface area contributed by atoms with E-state index in [9.17, 15) is 48.3 Å². The molecular formula is C6H3F11O. The van der Waals surface area contributed by atoms with E-state index in [1.807, 2.05) is 0 Å². The van der Waals surface area contributed by atoms with Crippen LogP contribution in [-0.4, -0.2) is 37.2 Å². The quantitative estimate of drug-likeness (QED) is 0.707.